The predicted molar refractivity (Wildman–Crippen MR) is 79.7 cm³/mol. The first-order valence-electron chi connectivity index (χ1n) is 7.14. The van der Waals surface area contributed by atoms with Crippen molar-refractivity contribution in [1.29, 1.82) is 0 Å². The van der Waals surface area contributed by atoms with E-state index in [1.54, 1.807) is 6.33 Å². The Morgan fingerprint density at radius 1 is 1.37 bits per heavy atom. The number of anilines is 2. The van der Waals surface area contributed by atoms with Crippen LogP contribution in [0.3, 0.4) is 0 Å². The van der Waals surface area contributed by atoms with E-state index in [0.717, 1.165) is 36.7 Å². The van der Waals surface area contributed by atoms with Gasteiger partial charge in [0, 0.05) is 30.7 Å². The van der Waals surface area contributed by atoms with E-state index in [1.165, 1.54) is 6.42 Å². The van der Waals surface area contributed by atoms with Gasteiger partial charge in [-0.2, -0.15) is 0 Å². The van der Waals surface area contributed by atoms with Gasteiger partial charge in [0.05, 0.1) is 0 Å². The maximum Gasteiger partial charge on any atom is 0.134 e. The van der Waals surface area contributed by atoms with Crippen LogP contribution in [0, 0.1) is 6.92 Å². The van der Waals surface area contributed by atoms with E-state index in [-0.39, 0.29) is 0 Å². The maximum atomic E-state index is 4.38. The van der Waals surface area contributed by atoms with Crippen LogP contribution in [0.2, 0.25) is 0 Å². The van der Waals surface area contributed by atoms with Crippen LogP contribution in [0.5, 0.6) is 0 Å². The number of rotatable bonds is 4. The Balaban J connectivity index is 2.05. The van der Waals surface area contributed by atoms with Crippen LogP contribution in [0.4, 0.5) is 11.6 Å². The number of nitrogens with one attached hydrogen (secondary N) is 2. The van der Waals surface area contributed by atoms with Crippen molar-refractivity contribution < 1.29 is 0 Å². The number of hydrogen-bond donors (Lipinski definition) is 2. The van der Waals surface area contributed by atoms with Gasteiger partial charge in [-0.1, -0.05) is 0 Å². The van der Waals surface area contributed by atoms with Gasteiger partial charge in [0.25, 0.3) is 0 Å². The molecule has 1 aliphatic rings. The number of hydrogen-bond acceptors (Lipinski definition) is 5. The van der Waals surface area contributed by atoms with Crippen molar-refractivity contribution in [3.63, 3.8) is 0 Å². The lowest BCUT2D eigenvalue weighted by Gasteiger charge is -2.35. The van der Waals surface area contributed by atoms with E-state index in [0.29, 0.717) is 12.1 Å². The molecule has 0 bridgehead atoms. The van der Waals surface area contributed by atoms with E-state index in [9.17, 15) is 0 Å². The van der Waals surface area contributed by atoms with Crippen molar-refractivity contribution in [3.05, 3.63) is 11.9 Å². The largest absolute Gasteiger partial charge is 0.370 e. The monoisotopic (exact) mass is 263 g/mol. The van der Waals surface area contributed by atoms with Gasteiger partial charge in [0.15, 0.2) is 0 Å². The molecule has 2 atom stereocenters. The van der Waals surface area contributed by atoms with Crippen LogP contribution in [-0.4, -0.2) is 47.1 Å². The molecular formula is C14H25N5. The summed E-state index contributed by atoms with van der Waals surface area (Å²) in [6, 6.07) is 1.14. The Hall–Kier alpha value is -1.36. The third-order valence-corrected chi connectivity index (χ3v) is 3.98. The Kier molecular flexibility index (Phi) is 4.58. The third kappa shape index (κ3) is 3.35. The van der Waals surface area contributed by atoms with E-state index >= 15 is 0 Å². The summed E-state index contributed by atoms with van der Waals surface area (Å²) in [5.74, 6) is 1.90. The Morgan fingerprint density at radius 3 is 2.79 bits per heavy atom. The van der Waals surface area contributed by atoms with Gasteiger partial charge in [-0.05, 0) is 40.7 Å². The molecule has 106 valence electrons. The highest BCUT2D eigenvalue weighted by Gasteiger charge is 2.23. The molecule has 2 N–H and O–H groups in total. The Labute approximate surface area is 115 Å². The molecule has 1 saturated heterocycles. The fourth-order valence-corrected chi connectivity index (χ4v) is 2.56. The average Bonchev–Trinajstić information content (AvgIpc) is 2.39. The topological polar surface area (TPSA) is 53.1 Å². The molecule has 0 saturated carbocycles. The van der Waals surface area contributed by atoms with Crippen LogP contribution in [0.25, 0.3) is 0 Å². The lowest BCUT2D eigenvalue weighted by Crippen LogP contribution is -2.42. The molecule has 1 aliphatic heterocycles. The van der Waals surface area contributed by atoms with Gasteiger partial charge in [0.1, 0.15) is 18.0 Å². The van der Waals surface area contributed by atoms with Crippen LogP contribution >= 0.6 is 0 Å². The van der Waals surface area contributed by atoms with Crippen LogP contribution in [0.15, 0.2) is 6.33 Å². The van der Waals surface area contributed by atoms with E-state index in [1.807, 2.05) is 0 Å². The average molecular weight is 263 g/mol. The molecule has 1 fully saturated rings. The molecule has 0 spiro atoms. The first kappa shape index (κ1) is 14.1. The summed E-state index contributed by atoms with van der Waals surface area (Å²) < 4.78 is 0. The van der Waals surface area contributed by atoms with Gasteiger partial charge in [-0.3, -0.25) is 0 Å². The Morgan fingerprint density at radius 2 is 2.11 bits per heavy atom. The summed E-state index contributed by atoms with van der Waals surface area (Å²) in [5.41, 5.74) is 1.11. The lowest BCUT2D eigenvalue weighted by molar-refractivity contribution is 0.190. The molecule has 5 heteroatoms. The summed E-state index contributed by atoms with van der Waals surface area (Å²) in [7, 11) is 2.19. The third-order valence-electron chi connectivity index (χ3n) is 3.98. The summed E-state index contributed by atoms with van der Waals surface area (Å²) in [6.45, 7) is 8.45. The second-order valence-corrected chi connectivity index (χ2v) is 5.42. The zero-order chi connectivity index (χ0) is 13.8. The molecule has 0 aliphatic carbocycles. The molecule has 0 amide bonds. The van der Waals surface area contributed by atoms with Crippen LogP contribution in [-0.2, 0) is 0 Å². The standard InChI is InChI=1S/C14H25N5/c1-5-15-13-11(3)14(17-9-16-13)18-12-6-7-19(4)10(2)8-12/h9-10,12H,5-8H2,1-4H3,(H2,15,16,17,18). The van der Waals surface area contributed by atoms with Crippen molar-refractivity contribution in [2.75, 3.05) is 30.8 Å². The molecular weight excluding hydrogens is 238 g/mol. The number of aromatic nitrogens is 2. The summed E-state index contributed by atoms with van der Waals surface area (Å²) in [6.07, 6.45) is 3.96. The molecule has 2 unspecified atom stereocenters. The second-order valence-electron chi connectivity index (χ2n) is 5.42. The van der Waals surface area contributed by atoms with E-state index < -0.39 is 0 Å². The second kappa shape index (κ2) is 6.19. The molecule has 0 aromatic carbocycles. The molecule has 1 aromatic rings. The summed E-state index contributed by atoms with van der Waals surface area (Å²) in [5, 5.41) is 6.85. The van der Waals surface area contributed by atoms with Gasteiger partial charge >= 0.3 is 0 Å². The SMILES string of the molecule is CCNc1ncnc(NC2CCN(C)C(C)C2)c1C. The first-order chi connectivity index (χ1) is 9.11. The molecule has 2 heterocycles. The molecule has 19 heavy (non-hydrogen) atoms. The van der Waals surface area contributed by atoms with Crippen LogP contribution < -0.4 is 10.6 Å². The molecule has 5 nitrogen and oxygen atoms in total. The molecule has 2 rings (SSSR count). The number of nitrogens with zero attached hydrogens (tertiary/aromatic N) is 3. The fraction of sp³-hybridized carbons (Fsp3) is 0.714. The number of likely N-dealkylation sites (tertiary alicyclic amines) is 1. The molecule has 1 aromatic heterocycles. The van der Waals surface area contributed by atoms with E-state index in [2.05, 4.69) is 53.3 Å². The predicted octanol–water partition coefficient (Wildman–Crippen LogP) is 2.11. The minimum atomic E-state index is 0.509. The minimum absolute atomic E-state index is 0.509. The van der Waals surface area contributed by atoms with Crippen molar-refractivity contribution in [2.45, 2.75) is 45.7 Å². The first-order valence-corrected chi connectivity index (χ1v) is 7.14. The zero-order valence-corrected chi connectivity index (χ0v) is 12.4. The van der Waals surface area contributed by atoms with Gasteiger partial charge < -0.3 is 15.5 Å². The van der Waals surface area contributed by atoms with Gasteiger partial charge in [-0.15, -0.1) is 0 Å². The highest BCUT2D eigenvalue weighted by Crippen LogP contribution is 2.23. The smallest absolute Gasteiger partial charge is 0.134 e. The normalized spacial score (nSPS) is 24.2. The van der Waals surface area contributed by atoms with Crippen molar-refractivity contribution >= 4 is 11.6 Å². The van der Waals surface area contributed by atoms with E-state index in [4.69, 9.17) is 0 Å². The van der Waals surface area contributed by atoms with Crippen molar-refractivity contribution in [3.8, 4) is 0 Å². The minimum Gasteiger partial charge on any atom is -0.370 e. The lowest BCUT2D eigenvalue weighted by atomic mass is 9.99. The van der Waals surface area contributed by atoms with Crippen molar-refractivity contribution in [2.24, 2.45) is 0 Å². The highest BCUT2D eigenvalue weighted by molar-refractivity contribution is 5.56. The van der Waals surface area contributed by atoms with Crippen molar-refractivity contribution in [1.82, 2.24) is 14.9 Å². The quantitative estimate of drug-likeness (QED) is 0.871. The highest BCUT2D eigenvalue weighted by atomic mass is 15.2. The van der Waals surface area contributed by atoms with Gasteiger partial charge in [0.2, 0.25) is 0 Å². The maximum absolute atomic E-state index is 4.38. The summed E-state index contributed by atoms with van der Waals surface area (Å²) >= 11 is 0. The van der Waals surface area contributed by atoms with Crippen LogP contribution in [0.1, 0.15) is 32.3 Å². The molecule has 0 radical (unpaired) electrons. The zero-order valence-electron chi connectivity index (χ0n) is 12.4. The summed E-state index contributed by atoms with van der Waals surface area (Å²) in [4.78, 5) is 11.1. The Bertz CT molecular complexity index is 420. The number of piperidine rings is 1. The fourth-order valence-electron chi connectivity index (χ4n) is 2.56. The van der Waals surface area contributed by atoms with Gasteiger partial charge in [-0.25, -0.2) is 9.97 Å².